The van der Waals surface area contributed by atoms with Crippen molar-refractivity contribution in [2.45, 2.75) is 46.1 Å². The minimum Gasteiger partial charge on any atom is -0.396 e. The van der Waals surface area contributed by atoms with Gasteiger partial charge in [-0.15, -0.1) is 0 Å². The van der Waals surface area contributed by atoms with Gasteiger partial charge in [0.15, 0.2) is 0 Å². The molecule has 2 nitrogen and oxygen atoms in total. The summed E-state index contributed by atoms with van der Waals surface area (Å²) in [6.45, 7) is 8.08. The van der Waals surface area contributed by atoms with E-state index in [4.69, 9.17) is 5.11 Å². The molecule has 0 bridgehead atoms. The van der Waals surface area contributed by atoms with Crippen LogP contribution >= 0.6 is 0 Å². The van der Waals surface area contributed by atoms with Gasteiger partial charge in [-0.05, 0) is 32.1 Å². The second kappa shape index (κ2) is 4.43. The van der Waals surface area contributed by atoms with E-state index < -0.39 is 0 Å². The highest BCUT2D eigenvalue weighted by molar-refractivity contribution is 4.94. The van der Waals surface area contributed by atoms with E-state index >= 15 is 0 Å². The first-order chi connectivity index (χ1) is 6.08. The van der Waals surface area contributed by atoms with E-state index in [0.717, 1.165) is 12.5 Å². The summed E-state index contributed by atoms with van der Waals surface area (Å²) in [6.07, 6.45) is 3.62. The Hall–Kier alpha value is -0.0800. The first-order valence-corrected chi connectivity index (χ1v) is 5.42. The zero-order valence-corrected chi connectivity index (χ0v) is 9.14. The van der Waals surface area contributed by atoms with Crippen LogP contribution in [0, 0.1) is 11.3 Å². The number of nitrogens with one attached hydrogen (secondary N) is 1. The molecule has 0 aliphatic heterocycles. The summed E-state index contributed by atoms with van der Waals surface area (Å²) < 4.78 is 0. The van der Waals surface area contributed by atoms with Gasteiger partial charge in [0.25, 0.3) is 0 Å². The van der Waals surface area contributed by atoms with Crippen LogP contribution in [0.2, 0.25) is 0 Å². The van der Waals surface area contributed by atoms with E-state index in [2.05, 4.69) is 26.1 Å². The number of rotatable bonds is 6. The van der Waals surface area contributed by atoms with E-state index in [1.807, 2.05) is 0 Å². The molecule has 0 spiro atoms. The average molecular weight is 185 g/mol. The van der Waals surface area contributed by atoms with Crippen LogP contribution in [0.1, 0.15) is 40.0 Å². The summed E-state index contributed by atoms with van der Waals surface area (Å²) in [7, 11) is 0. The Morgan fingerprint density at radius 1 is 1.31 bits per heavy atom. The molecule has 13 heavy (non-hydrogen) atoms. The van der Waals surface area contributed by atoms with E-state index in [9.17, 15) is 0 Å². The van der Waals surface area contributed by atoms with E-state index in [1.165, 1.54) is 19.3 Å². The molecule has 0 heterocycles. The van der Waals surface area contributed by atoms with Gasteiger partial charge in [-0.25, -0.2) is 0 Å². The molecule has 1 aliphatic rings. The first-order valence-electron chi connectivity index (χ1n) is 5.42. The predicted octanol–water partition coefficient (Wildman–Crippen LogP) is 1.78. The lowest BCUT2D eigenvalue weighted by molar-refractivity contribution is 0.203. The Kier molecular flexibility index (Phi) is 3.74. The van der Waals surface area contributed by atoms with Gasteiger partial charge in [-0.3, -0.25) is 0 Å². The van der Waals surface area contributed by atoms with Crippen molar-refractivity contribution in [3.05, 3.63) is 0 Å². The molecule has 1 saturated carbocycles. The summed E-state index contributed by atoms with van der Waals surface area (Å²) >= 11 is 0. The smallest absolute Gasteiger partial charge is 0.0499 e. The molecule has 0 radical (unpaired) electrons. The van der Waals surface area contributed by atoms with Crippen LogP contribution in [-0.4, -0.2) is 24.3 Å². The van der Waals surface area contributed by atoms with Crippen LogP contribution in [0.25, 0.3) is 0 Å². The van der Waals surface area contributed by atoms with E-state index in [1.54, 1.807) is 0 Å². The summed E-state index contributed by atoms with van der Waals surface area (Å²) in [4.78, 5) is 0. The fourth-order valence-corrected chi connectivity index (χ4v) is 1.75. The number of hydrogen-bond acceptors (Lipinski definition) is 2. The maximum Gasteiger partial charge on any atom is 0.0499 e. The van der Waals surface area contributed by atoms with E-state index in [-0.39, 0.29) is 5.41 Å². The maximum absolute atomic E-state index is 9.11. The molecule has 0 aromatic rings. The lowest BCUT2D eigenvalue weighted by Gasteiger charge is -2.19. The Bertz CT molecular complexity index is 152. The fraction of sp³-hybridized carbons (Fsp3) is 1.00. The van der Waals surface area contributed by atoms with Crippen LogP contribution in [0.15, 0.2) is 0 Å². The van der Waals surface area contributed by atoms with Crippen molar-refractivity contribution < 1.29 is 5.11 Å². The number of hydrogen-bond donors (Lipinski definition) is 2. The molecule has 1 atom stereocenters. The van der Waals surface area contributed by atoms with Crippen LogP contribution in [-0.2, 0) is 0 Å². The molecular weight excluding hydrogens is 162 g/mol. The Morgan fingerprint density at radius 3 is 2.31 bits per heavy atom. The number of aliphatic hydroxyl groups excluding tert-OH is 1. The average Bonchev–Trinajstić information content (AvgIpc) is 2.80. The maximum atomic E-state index is 9.11. The second-order valence-corrected chi connectivity index (χ2v) is 5.07. The minimum atomic E-state index is 0.255. The molecule has 0 aromatic carbocycles. The minimum absolute atomic E-state index is 0.255. The molecule has 0 aromatic heterocycles. The quantitative estimate of drug-likeness (QED) is 0.661. The fourth-order valence-electron chi connectivity index (χ4n) is 1.75. The second-order valence-electron chi connectivity index (χ2n) is 5.07. The zero-order valence-electron chi connectivity index (χ0n) is 9.14. The summed E-state index contributed by atoms with van der Waals surface area (Å²) in [6, 6.07) is 0.587. The van der Waals surface area contributed by atoms with Crippen molar-refractivity contribution in [2.24, 2.45) is 11.3 Å². The van der Waals surface area contributed by atoms with Crippen molar-refractivity contribution in [1.29, 1.82) is 0 Å². The highest BCUT2D eigenvalue weighted by atomic mass is 16.3. The normalized spacial score (nSPS) is 21.9. The third kappa shape index (κ3) is 3.65. The van der Waals surface area contributed by atoms with Gasteiger partial charge in [0.05, 0.1) is 0 Å². The molecule has 2 heteroatoms. The van der Waals surface area contributed by atoms with E-state index in [0.29, 0.717) is 12.6 Å². The van der Waals surface area contributed by atoms with Gasteiger partial charge in [-0.1, -0.05) is 13.8 Å². The molecule has 1 aliphatic carbocycles. The Balaban J connectivity index is 2.11. The van der Waals surface area contributed by atoms with Crippen molar-refractivity contribution in [3.63, 3.8) is 0 Å². The predicted molar refractivity (Wildman–Crippen MR) is 55.7 cm³/mol. The van der Waals surface area contributed by atoms with Crippen molar-refractivity contribution in [1.82, 2.24) is 5.32 Å². The zero-order chi connectivity index (χ0) is 9.90. The molecule has 1 fully saturated rings. The van der Waals surface area contributed by atoms with Gasteiger partial charge in [0.2, 0.25) is 0 Å². The van der Waals surface area contributed by atoms with Gasteiger partial charge in [-0.2, -0.15) is 0 Å². The topological polar surface area (TPSA) is 32.3 Å². The van der Waals surface area contributed by atoms with Crippen LogP contribution in [0.4, 0.5) is 0 Å². The molecule has 78 valence electrons. The third-order valence-corrected chi connectivity index (χ3v) is 2.94. The molecule has 0 amide bonds. The standard InChI is InChI=1S/C11H23NO/c1-9(2)6-10(3)12-7-11(8-13)4-5-11/h9-10,12-13H,4-8H2,1-3H3. The van der Waals surface area contributed by atoms with Gasteiger partial charge >= 0.3 is 0 Å². The first kappa shape index (κ1) is 11.0. The monoisotopic (exact) mass is 185 g/mol. The largest absolute Gasteiger partial charge is 0.396 e. The highest BCUT2D eigenvalue weighted by Crippen LogP contribution is 2.44. The molecule has 1 unspecified atom stereocenters. The van der Waals surface area contributed by atoms with Gasteiger partial charge in [0, 0.05) is 24.6 Å². The molecule has 0 saturated heterocycles. The van der Waals surface area contributed by atoms with Crippen molar-refractivity contribution in [3.8, 4) is 0 Å². The third-order valence-electron chi connectivity index (χ3n) is 2.94. The van der Waals surface area contributed by atoms with Crippen LogP contribution in [0.5, 0.6) is 0 Å². The van der Waals surface area contributed by atoms with Crippen molar-refractivity contribution in [2.75, 3.05) is 13.2 Å². The molecule has 2 N–H and O–H groups in total. The SMILES string of the molecule is CC(C)CC(C)NCC1(CO)CC1. The summed E-state index contributed by atoms with van der Waals surface area (Å²) in [5, 5.41) is 12.6. The lowest BCUT2D eigenvalue weighted by atomic mass is 10.0. The van der Waals surface area contributed by atoms with Crippen LogP contribution in [0.3, 0.4) is 0 Å². The lowest BCUT2D eigenvalue weighted by Crippen LogP contribution is -2.34. The van der Waals surface area contributed by atoms with Gasteiger partial charge in [0.1, 0.15) is 0 Å². The van der Waals surface area contributed by atoms with Crippen molar-refractivity contribution >= 4 is 0 Å². The molecule has 1 rings (SSSR count). The Labute approximate surface area is 81.7 Å². The summed E-state index contributed by atoms with van der Waals surface area (Å²) in [5.74, 6) is 0.756. The van der Waals surface area contributed by atoms with Crippen LogP contribution < -0.4 is 5.32 Å². The number of aliphatic hydroxyl groups is 1. The molecular formula is C11H23NO. The summed E-state index contributed by atoms with van der Waals surface area (Å²) in [5.41, 5.74) is 0.255. The highest BCUT2D eigenvalue weighted by Gasteiger charge is 2.41. The Morgan fingerprint density at radius 2 is 1.92 bits per heavy atom. The van der Waals surface area contributed by atoms with Gasteiger partial charge < -0.3 is 10.4 Å².